The zero-order valence-corrected chi connectivity index (χ0v) is 9.17. The minimum atomic E-state index is 0.0265. The van der Waals surface area contributed by atoms with Crippen molar-refractivity contribution in [2.45, 2.75) is 38.2 Å². The van der Waals surface area contributed by atoms with Crippen LogP contribution in [-0.2, 0) is 9.53 Å². The van der Waals surface area contributed by atoms with Crippen molar-refractivity contribution in [3.05, 3.63) is 0 Å². The van der Waals surface area contributed by atoms with Crippen molar-refractivity contribution in [1.29, 1.82) is 0 Å². The van der Waals surface area contributed by atoms with Gasteiger partial charge in [-0.15, -0.1) is 0 Å². The summed E-state index contributed by atoms with van der Waals surface area (Å²) in [4.78, 5) is 11.1. The topological polar surface area (TPSA) is 26.3 Å². The van der Waals surface area contributed by atoms with Crippen LogP contribution in [-0.4, -0.2) is 16.5 Å². The third-order valence-corrected chi connectivity index (χ3v) is 3.99. The molecule has 12 heavy (non-hydrogen) atoms. The van der Waals surface area contributed by atoms with Crippen LogP contribution in [0.1, 0.15) is 32.1 Å². The van der Waals surface area contributed by atoms with Crippen molar-refractivity contribution < 1.29 is 9.53 Å². The standard InChI is InChI=1S/C9H13IO2/c10-6-7-9(3-1-2-4-9)5-8(11)12-7/h7H,1-6H2. The Balaban J connectivity index is 2.16. The van der Waals surface area contributed by atoms with Crippen molar-refractivity contribution in [3.8, 4) is 0 Å². The molecular formula is C9H13IO2. The fourth-order valence-electron chi connectivity index (χ4n) is 2.50. The number of halogens is 1. The van der Waals surface area contributed by atoms with Gasteiger partial charge in [0.1, 0.15) is 6.10 Å². The number of hydrogen-bond donors (Lipinski definition) is 0. The van der Waals surface area contributed by atoms with Gasteiger partial charge in [-0.05, 0) is 12.8 Å². The van der Waals surface area contributed by atoms with Gasteiger partial charge < -0.3 is 4.74 Å². The molecule has 2 nitrogen and oxygen atoms in total. The Labute approximate surface area is 86.2 Å². The molecule has 0 radical (unpaired) electrons. The Hall–Kier alpha value is 0.200. The second kappa shape index (κ2) is 3.16. The highest BCUT2D eigenvalue weighted by molar-refractivity contribution is 14.1. The van der Waals surface area contributed by atoms with Crippen LogP contribution in [0.4, 0.5) is 0 Å². The van der Waals surface area contributed by atoms with Gasteiger partial charge in [0, 0.05) is 9.84 Å². The smallest absolute Gasteiger partial charge is 0.306 e. The fourth-order valence-corrected chi connectivity index (χ4v) is 3.61. The number of esters is 1. The molecule has 2 fully saturated rings. The Morgan fingerprint density at radius 3 is 2.75 bits per heavy atom. The van der Waals surface area contributed by atoms with Gasteiger partial charge >= 0.3 is 5.97 Å². The van der Waals surface area contributed by atoms with Gasteiger partial charge in [0.25, 0.3) is 0 Å². The quantitative estimate of drug-likeness (QED) is 0.418. The highest BCUT2D eigenvalue weighted by atomic mass is 127. The summed E-state index contributed by atoms with van der Waals surface area (Å²) in [7, 11) is 0. The molecule has 0 aromatic rings. The number of cyclic esters (lactones) is 1. The number of rotatable bonds is 1. The first-order valence-corrected chi connectivity index (χ1v) is 6.05. The highest BCUT2D eigenvalue weighted by Crippen LogP contribution is 2.49. The minimum Gasteiger partial charge on any atom is -0.461 e. The number of hydrogen-bond acceptors (Lipinski definition) is 2. The third-order valence-electron chi connectivity index (χ3n) is 3.19. The lowest BCUT2D eigenvalue weighted by atomic mass is 9.80. The van der Waals surface area contributed by atoms with Gasteiger partial charge in [-0.25, -0.2) is 0 Å². The predicted molar refractivity (Wildman–Crippen MR) is 54.3 cm³/mol. The van der Waals surface area contributed by atoms with E-state index in [9.17, 15) is 4.79 Å². The summed E-state index contributed by atoms with van der Waals surface area (Å²) in [5.74, 6) is 0.0265. The van der Waals surface area contributed by atoms with E-state index in [1.165, 1.54) is 25.7 Å². The number of carbonyl (C=O) groups excluding carboxylic acids is 1. The third kappa shape index (κ3) is 1.26. The number of alkyl halides is 1. The van der Waals surface area contributed by atoms with Gasteiger partial charge in [-0.1, -0.05) is 35.4 Å². The van der Waals surface area contributed by atoms with Crippen molar-refractivity contribution in [3.63, 3.8) is 0 Å². The average Bonchev–Trinajstić information content (AvgIpc) is 2.60. The van der Waals surface area contributed by atoms with Gasteiger partial charge in [0.2, 0.25) is 0 Å². The van der Waals surface area contributed by atoms with E-state index in [1.54, 1.807) is 0 Å². The summed E-state index contributed by atoms with van der Waals surface area (Å²) >= 11 is 2.32. The van der Waals surface area contributed by atoms with Crippen LogP contribution in [0, 0.1) is 5.41 Å². The molecule has 1 aliphatic carbocycles. The predicted octanol–water partition coefficient (Wildman–Crippen LogP) is 2.30. The molecule has 1 atom stereocenters. The zero-order valence-electron chi connectivity index (χ0n) is 7.01. The molecule has 3 heteroatoms. The van der Waals surface area contributed by atoms with E-state index in [4.69, 9.17) is 4.74 Å². The van der Waals surface area contributed by atoms with Crippen molar-refractivity contribution in [1.82, 2.24) is 0 Å². The summed E-state index contributed by atoms with van der Waals surface area (Å²) in [5.41, 5.74) is 0.248. The van der Waals surface area contributed by atoms with Gasteiger partial charge in [0.05, 0.1) is 6.42 Å². The van der Waals surface area contributed by atoms with E-state index in [2.05, 4.69) is 22.6 Å². The lowest BCUT2D eigenvalue weighted by molar-refractivity contribution is -0.140. The Morgan fingerprint density at radius 2 is 2.17 bits per heavy atom. The van der Waals surface area contributed by atoms with Crippen LogP contribution >= 0.6 is 22.6 Å². The van der Waals surface area contributed by atoms with E-state index in [0.29, 0.717) is 6.42 Å². The summed E-state index contributed by atoms with van der Waals surface area (Å²) in [6.45, 7) is 0. The molecule has 1 aliphatic heterocycles. The van der Waals surface area contributed by atoms with Crippen molar-refractivity contribution in [2.24, 2.45) is 5.41 Å². The average molecular weight is 280 g/mol. The van der Waals surface area contributed by atoms with E-state index in [0.717, 1.165) is 4.43 Å². The molecule has 0 aromatic heterocycles. The minimum absolute atomic E-state index is 0.0265. The molecule has 1 heterocycles. The van der Waals surface area contributed by atoms with E-state index in [1.807, 2.05) is 0 Å². The van der Waals surface area contributed by atoms with Gasteiger partial charge in [-0.3, -0.25) is 4.79 Å². The summed E-state index contributed by atoms with van der Waals surface area (Å²) < 4.78 is 6.26. The van der Waals surface area contributed by atoms with E-state index < -0.39 is 0 Å². The first-order valence-electron chi connectivity index (χ1n) is 4.52. The fraction of sp³-hybridized carbons (Fsp3) is 0.889. The lowest BCUT2D eigenvalue weighted by Crippen LogP contribution is -2.28. The Kier molecular flexibility index (Phi) is 2.31. The van der Waals surface area contributed by atoms with Crippen molar-refractivity contribution in [2.75, 3.05) is 4.43 Å². The molecule has 1 unspecified atom stereocenters. The number of carbonyl (C=O) groups is 1. The second-order valence-electron chi connectivity index (χ2n) is 3.88. The summed E-state index contributed by atoms with van der Waals surface area (Å²) in [6.07, 6.45) is 5.86. The molecule has 1 saturated carbocycles. The van der Waals surface area contributed by atoms with Crippen molar-refractivity contribution >= 4 is 28.6 Å². The first kappa shape index (κ1) is 8.78. The normalized spacial score (nSPS) is 32.8. The maximum atomic E-state index is 11.1. The van der Waals surface area contributed by atoms with Crippen LogP contribution < -0.4 is 0 Å². The molecular weight excluding hydrogens is 267 g/mol. The van der Waals surface area contributed by atoms with Gasteiger partial charge in [0.15, 0.2) is 0 Å². The van der Waals surface area contributed by atoms with E-state index >= 15 is 0 Å². The maximum Gasteiger partial charge on any atom is 0.306 e. The Morgan fingerprint density at radius 1 is 1.50 bits per heavy atom. The molecule has 0 aromatic carbocycles. The molecule has 2 rings (SSSR count). The zero-order chi connectivity index (χ0) is 8.60. The van der Waals surface area contributed by atoms with Crippen LogP contribution in [0.25, 0.3) is 0 Å². The van der Waals surface area contributed by atoms with E-state index in [-0.39, 0.29) is 17.5 Å². The SMILES string of the molecule is O=C1CC2(CCCC2)C(CI)O1. The van der Waals surface area contributed by atoms with Crippen LogP contribution in [0.5, 0.6) is 0 Å². The van der Waals surface area contributed by atoms with Crippen LogP contribution in [0.3, 0.4) is 0 Å². The van der Waals surface area contributed by atoms with Crippen LogP contribution in [0.15, 0.2) is 0 Å². The second-order valence-corrected chi connectivity index (χ2v) is 4.76. The molecule has 68 valence electrons. The molecule has 0 bridgehead atoms. The monoisotopic (exact) mass is 280 g/mol. The lowest BCUT2D eigenvalue weighted by Gasteiger charge is -2.25. The number of ether oxygens (including phenoxy) is 1. The molecule has 0 amide bonds. The summed E-state index contributed by atoms with van der Waals surface area (Å²) in [6, 6.07) is 0. The highest BCUT2D eigenvalue weighted by Gasteiger charge is 2.49. The van der Waals surface area contributed by atoms with Gasteiger partial charge in [-0.2, -0.15) is 0 Å². The molecule has 1 saturated heterocycles. The molecule has 1 spiro atoms. The largest absolute Gasteiger partial charge is 0.461 e. The molecule has 0 N–H and O–H groups in total. The molecule has 2 aliphatic rings. The summed E-state index contributed by atoms with van der Waals surface area (Å²) in [5, 5.41) is 0. The van der Waals surface area contributed by atoms with Crippen LogP contribution in [0.2, 0.25) is 0 Å². The first-order chi connectivity index (χ1) is 5.77. The maximum absolute atomic E-state index is 11.1. The Bertz CT molecular complexity index is 197.